The number of carbonyl (C=O) groups is 1. The third-order valence-electron chi connectivity index (χ3n) is 3.73. The summed E-state index contributed by atoms with van der Waals surface area (Å²) in [7, 11) is 0. The SMILES string of the molecule is NC1=CC(=O)C(Cc2ccc(N)cc2)=CC1=Nc1ccc(N)cc1. The molecular weight excluding hydrogens is 300 g/mol. The van der Waals surface area contributed by atoms with Gasteiger partial charge in [0.2, 0.25) is 0 Å². The van der Waals surface area contributed by atoms with Gasteiger partial charge in [-0.3, -0.25) is 4.79 Å². The zero-order valence-corrected chi connectivity index (χ0v) is 13.1. The number of nitrogen functional groups attached to an aromatic ring is 2. The first-order valence-electron chi connectivity index (χ1n) is 7.52. The molecule has 0 heterocycles. The molecule has 2 aromatic rings. The first-order valence-corrected chi connectivity index (χ1v) is 7.52. The van der Waals surface area contributed by atoms with Crippen molar-refractivity contribution >= 4 is 28.6 Å². The molecule has 24 heavy (non-hydrogen) atoms. The van der Waals surface area contributed by atoms with Crippen LogP contribution in [0.1, 0.15) is 5.56 Å². The van der Waals surface area contributed by atoms with Crippen LogP contribution in [0.25, 0.3) is 0 Å². The van der Waals surface area contributed by atoms with Gasteiger partial charge in [-0.05, 0) is 48.0 Å². The molecule has 0 saturated heterocycles. The normalized spacial score (nSPS) is 16.0. The topological polar surface area (TPSA) is 107 Å². The number of nitrogens with zero attached hydrogens (tertiary/aromatic N) is 1. The smallest absolute Gasteiger partial charge is 0.184 e. The Morgan fingerprint density at radius 3 is 2.00 bits per heavy atom. The number of ketones is 1. The van der Waals surface area contributed by atoms with Crippen LogP contribution < -0.4 is 17.2 Å². The lowest BCUT2D eigenvalue weighted by molar-refractivity contribution is -0.111. The number of hydrogen-bond acceptors (Lipinski definition) is 5. The Morgan fingerprint density at radius 1 is 0.792 bits per heavy atom. The number of benzene rings is 2. The minimum atomic E-state index is -0.0967. The molecule has 120 valence electrons. The van der Waals surface area contributed by atoms with Crippen molar-refractivity contribution < 1.29 is 4.79 Å². The molecular formula is C19H18N4O. The Labute approximate surface area is 140 Å². The number of anilines is 2. The summed E-state index contributed by atoms with van der Waals surface area (Å²) in [5, 5.41) is 0. The predicted octanol–water partition coefficient (Wildman–Crippen LogP) is 2.52. The number of hydrogen-bond donors (Lipinski definition) is 3. The van der Waals surface area contributed by atoms with Crippen molar-refractivity contribution in [3.05, 3.63) is 77.5 Å². The maximum absolute atomic E-state index is 12.2. The third kappa shape index (κ3) is 3.52. The molecule has 1 aliphatic rings. The summed E-state index contributed by atoms with van der Waals surface area (Å²) in [5.41, 5.74) is 22.0. The molecule has 5 nitrogen and oxygen atoms in total. The first kappa shape index (κ1) is 15.6. The van der Waals surface area contributed by atoms with E-state index in [1.807, 2.05) is 24.3 Å². The highest BCUT2D eigenvalue weighted by atomic mass is 16.1. The van der Waals surface area contributed by atoms with Crippen LogP contribution in [0, 0.1) is 0 Å². The number of nitrogens with two attached hydrogens (primary N) is 3. The van der Waals surface area contributed by atoms with E-state index in [0.29, 0.717) is 34.8 Å². The Hall–Kier alpha value is -3.34. The largest absolute Gasteiger partial charge is 0.399 e. The Balaban J connectivity index is 1.90. The van der Waals surface area contributed by atoms with Gasteiger partial charge in [-0.15, -0.1) is 0 Å². The van der Waals surface area contributed by atoms with Crippen molar-refractivity contribution in [3.8, 4) is 0 Å². The zero-order chi connectivity index (χ0) is 17.1. The molecule has 0 fully saturated rings. The van der Waals surface area contributed by atoms with Crippen LogP contribution in [0.3, 0.4) is 0 Å². The van der Waals surface area contributed by atoms with Gasteiger partial charge < -0.3 is 17.2 Å². The van der Waals surface area contributed by atoms with Gasteiger partial charge >= 0.3 is 0 Å². The lowest BCUT2D eigenvalue weighted by Gasteiger charge is -2.13. The summed E-state index contributed by atoms with van der Waals surface area (Å²) in [6.45, 7) is 0. The van der Waals surface area contributed by atoms with Crippen LogP contribution in [-0.2, 0) is 11.2 Å². The Morgan fingerprint density at radius 2 is 1.38 bits per heavy atom. The van der Waals surface area contributed by atoms with Gasteiger partial charge in [0.15, 0.2) is 5.78 Å². The summed E-state index contributed by atoms with van der Waals surface area (Å²) < 4.78 is 0. The summed E-state index contributed by atoms with van der Waals surface area (Å²) in [5.74, 6) is -0.0967. The molecule has 0 saturated carbocycles. The van der Waals surface area contributed by atoms with Gasteiger partial charge in [-0.1, -0.05) is 12.1 Å². The highest BCUT2D eigenvalue weighted by Crippen LogP contribution is 2.20. The van der Waals surface area contributed by atoms with E-state index in [2.05, 4.69) is 4.99 Å². The zero-order valence-electron chi connectivity index (χ0n) is 13.1. The molecule has 6 N–H and O–H groups in total. The molecule has 0 aromatic heterocycles. The standard InChI is InChI=1S/C19H18N4O/c20-14-3-1-12(2-4-14)9-13-10-18(17(22)11-19(13)24)23-16-7-5-15(21)6-8-16/h1-8,10-11H,9,20-22H2. The molecule has 3 rings (SSSR count). The summed E-state index contributed by atoms with van der Waals surface area (Å²) in [4.78, 5) is 16.7. The summed E-state index contributed by atoms with van der Waals surface area (Å²) in [6, 6.07) is 14.6. The second-order valence-electron chi connectivity index (χ2n) is 5.64. The quantitative estimate of drug-likeness (QED) is 0.597. The van der Waals surface area contributed by atoms with Crippen LogP contribution >= 0.6 is 0 Å². The highest BCUT2D eigenvalue weighted by molar-refractivity contribution is 6.22. The second kappa shape index (κ2) is 6.42. The molecule has 0 atom stereocenters. The molecule has 0 amide bonds. The molecule has 0 bridgehead atoms. The molecule has 0 unspecified atom stereocenters. The van der Waals surface area contributed by atoms with E-state index in [4.69, 9.17) is 17.2 Å². The van der Waals surface area contributed by atoms with Crippen LogP contribution in [0.5, 0.6) is 0 Å². The fourth-order valence-electron chi connectivity index (χ4n) is 2.41. The lowest BCUT2D eigenvalue weighted by atomic mass is 9.95. The van der Waals surface area contributed by atoms with E-state index in [1.54, 1.807) is 30.3 Å². The minimum absolute atomic E-state index is 0.0967. The predicted molar refractivity (Wildman–Crippen MR) is 97.9 cm³/mol. The van der Waals surface area contributed by atoms with E-state index < -0.39 is 0 Å². The number of rotatable bonds is 3. The van der Waals surface area contributed by atoms with Crippen molar-refractivity contribution in [2.75, 3.05) is 11.5 Å². The fourth-order valence-corrected chi connectivity index (χ4v) is 2.41. The van der Waals surface area contributed by atoms with Crippen molar-refractivity contribution in [2.24, 2.45) is 10.7 Å². The number of carbonyl (C=O) groups excluding carboxylic acids is 1. The van der Waals surface area contributed by atoms with E-state index in [0.717, 1.165) is 11.3 Å². The second-order valence-corrected chi connectivity index (χ2v) is 5.64. The maximum atomic E-state index is 12.2. The summed E-state index contributed by atoms with van der Waals surface area (Å²) in [6.07, 6.45) is 3.66. The average molecular weight is 318 g/mol. The van der Waals surface area contributed by atoms with Crippen LogP contribution in [0.2, 0.25) is 0 Å². The Bertz CT molecular complexity index is 859. The molecule has 0 radical (unpaired) electrons. The molecule has 0 spiro atoms. The first-order chi connectivity index (χ1) is 11.5. The van der Waals surface area contributed by atoms with E-state index in [-0.39, 0.29) is 5.78 Å². The summed E-state index contributed by atoms with van der Waals surface area (Å²) >= 11 is 0. The van der Waals surface area contributed by atoms with Crippen molar-refractivity contribution in [3.63, 3.8) is 0 Å². The Kier molecular flexibility index (Phi) is 4.16. The molecule has 5 heteroatoms. The van der Waals surface area contributed by atoms with Gasteiger partial charge in [0.25, 0.3) is 0 Å². The van der Waals surface area contributed by atoms with Crippen molar-refractivity contribution in [2.45, 2.75) is 6.42 Å². The van der Waals surface area contributed by atoms with Crippen LogP contribution in [0.15, 0.2) is 76.9 Å². The van der Waals surface area contributed by atoms with E-state index in [1.165, 1.54) is 6.08 Å². The average Bonchev–Trinajstić information content (AvgIpc) is 2.56. The lowest BCUT2D eigenvalue weighted by Crippen LogP contribution is -2.19. The van der Waals surface area contributed by atoms with E-state index >= 15 is 0 Å². The molecule has 1 aliphatic carbocycles. The van der Waals surface area contributed by atoms with E-state index in [9.17, 15) is 4.79 Å². The number of allylic oxidation sites excluding steroid dienone is 3. The van der Waals surface area contributed by atoms with Gasteiger partial charge in [-0.25, -0.2) is 4.99 Å². The highest BCUT2D eigenvalue weighted by Gasteiger charge is 2.17. The van der Waals surface area contributed by atoms with Gasteiger partial charge in [-0.2, -0.15) is 0 Å². The van der Waals surface area contributed by atoms with Crippen molar-refractivity contribution in [1.29, 1.82) is 0 Å². The van der Waals surface area contributed by atoms with Crippen LogP contribution in [0.4, 0.5) is 17.1 Å². The molecule has 0 aliphatic heterocycles. The monoisotopic (exact) mass is 318 g/mol. The van der Waals surface area contributed by atoms with Gasteiger partial charge in [0, 0.05) is 29.4 Å². The minimum Gasteiger partial charge on any atom is -0.399 e. The maximum Gasteiger partial charge on any atom is 0.184 e. The van der Waals surface area contributed by atoms with Crippen LogP contribution in [-0.4, -0.2) is 11.5 Å². The molecule has 2 aromatic carbocycles. The third-order valence-corrected chi connectivity index (χ3v) is 3.73. The van der Waals surface area contributed by atoms with Gasteiger partial charge in [0.05, 0.1) is 17.1 Å². The van der Waals surface area contributed by atoms with Crippen molar-refractivity contribution in [1.82, 2.24) is 0 Å². The number of aliphatic imine (C=N–C) groups is 1. The fraction of sp³-hybridized carbons (Fsp3) is 0.0526. The van der Waals surface area contributed by atoms with Gasteiger partial charge in [0.1, 0.15) is 0 Å².